The highest BCUT2D eigenvalue weighted by molar-refractivity contribution is 7.07. The molecular weight excluding hydrogens is 480 g/mol. The molecule has 1 aliphatic rings. The topological polar surface area (TPSA) is 88.4 Å². The zero-order valence-electron chi connectivity index (χ0n) is 20.9. The summed E-state index contributed by atoms with van der Waals surface area (Å²) in [6.45, 7) is 6.02. The van der Waals surface area contributed by atoms with Crippen LogP contribution in [0.2, 0.25) is 0 Å². The lowest BCUT2D eigenvalue weighted by Crippen LogP contribution is -2.40. The monoisotopic (exact) mass is 508 g/mol. The average molecular weight is 509 g/mol. The Kier molecular flexibility index (Phi) is 7.59. The van der Waals surface area contributed by atoms with Gasteiger partial charge in [-0.3, -0.25) is 9.36 Å². The van der Waals surface area contributed by atoms with Gasteiger partial charge in [-0.25, -0.2) is 9.79 Å². The average Bonchev–Trinajstić information content (AvgIpc) is 3.18. The first-order chi connectivity index (χ1) is 17.4. The third-order valence-electron chi connectivity index (χ3n) is 5.73. The lowest BCUT2D eigenvalue weighted by Gasteiger charge is -2.25. The van der Waals surface area contributed by atoms with Crippen LogP contribution in [0, 0.1) is 0 Å². The molecule has 2 aromatic carbocycles. The van der Waals surface area contributed by atoms with Gasteiger partial charge in [0.05, 0.1) is 49.3 Å². The highest BCUT2D eigenvalue weighted by Crippen LogP contribution is 2.36. The largest absolute Gasteiger partial charge is 0.497 e. The van der Waals surface area contributed by atoms with Crippen molar-refractivity contribution >= 4 is 23.4 Å². The van der Waals surface area contributed by atoms with Crippen LogP contribution in [0.15, 0.2) is 63.5 Å². The third-order valence-corrected chi connectivity index (χ3v) is 6.72. The van der Waals surface area contributed by atoms with E-state index in [1.165, 1.54) is 11.3 Å². The summed E-state index contributed by atoms with van der Waals surface area (Å²) >= 11 is 1.27. The van der Waals surface area contributed by atoms with Crippen molar-refractivity contribution in [3.8, 4) is 17.2 Å². The molecule has 1 atom stereocenters. The summed E-state index contributed by atoms with van der Waals surface area (Å²) in [5, 5.41) is 0. The van der Waals surface area contributed by atoms with Gasteiger partial charge < -0.3 is 18.9 Å². The minimum atomic E-state index is -0.733. The van der Waals surface area contributed by atoms with Crippen molar-refractivity contribution in [2.45, 2.75) is 26.8 Å². The van der Waals surface area contributed by atoms with Gasteiger partial charge in [0, 0.05) is 0 Å². The van der Waals surface area contributed by atoms with E-state index in [1.807, 2.05) is 43.3 Å². The lowest BCUT2D eigenvalue weighted by molar-refractivity contribution is -0.139. The standard InChI is InChI=1S/C27H28N2O6S/c1-6-34-21-15-18(10-13-20(21)33-5)24-23(26(31)35-7-2)16(3)28-27-29(24)25(30)22(36-27)14-17-8-11-19(32-4)12-9-17/h8-15,24H,6-7H2,1-5H3/t24-/m0/s1. The van der Waals surface area contributed by atoms with Gasteiger partial charge in [-0.1, -0.05) is 29.5 Å². The number of nitrogens with zero attached hydrogens (tertiary/aromatic N) is 2. The van der Waals surface area contributed by atoms with Gasteiger partial charge in [-0.05, 0) is 62.2 Å². The summed E-state index contributed by atoms with van der Waals surface area (Å²) in [5.41, 5.74) is 2.11. The molecule has 188 valence electrons. The number of carbonyl (C=O) groups is 1. The molecule has 0 bridgehead atoms. The molecule has 8 nitrogen and oxygen atoms in total. The number of fused-ring (bicyclic) bond motifs is 1. The molecule has 0 amide bonds. The Hall–Kier alpha value is -3.85. The summed E-state index contributed by atoms with van der Waals surface area (Å²) < 4.78 is 23.8. The van der Waals surface area contributed by atoms with Crippen LogP contribution in [0.3, 0.4) is 0 Å². The Morgan fingerprint density at radius 3 is 2.44 bits per heavy atom. The summed E-state index contributed by atoms with van der Waals surface area (Å²) in [5.74, 6) is 1.30. The molecular formula is C27H28N2O6S. The summed E-state index contributed by atoms with van der Waals surface area (Å²) in [7, 11) is 3.17. The van der Waals surface area contributed by atoms with E-state index in [0.717, 1.165) is 11.3 Å². The Bertz CT molecular complexity index is 1480. The first-order valence-corrected chi connectivity index (χ1v) is 12.4. The SMILES string of the molecule is CCOC(=O)C1=C(C)N=c2sc(=Cc3ccc(OC)cc3)c(=O)n2[C@H]1c1ccc(OC)c(OCC)c1. The molecule has 0 aliphatic carbocycles. The molecule has 3 aromatic rings. The van der Waals surface area contributed by atoms with E-state index in [4.69, 9.17) is 18.9 Å². The molecule has 0 N–H and O–H groups in total. The quantitative estimate of drug-likeness (QED) is 0.434. The molecule has 2 heterocycles. The van der Waals surface area contributed by atoms with Crippen molar-refractivity contribution < 1.29 is 23.7 Å². The van der Waals surface area contributed by atoms with Gasteiger partial charge in [0.1, 0.15) is 5.75 Å². The number of esters is 1. The zero-order chi connectivity index (χ0) is 25.8. The minimum Gasteiger partial charge on any atom is -0.497 e. The fraction of sp³-hybridized carbons (Fsp3) is 0.296. The van der Waals surface area contributed by atoms with Crippen LogP contribution in [0.4, 0.5) is 0 Å². The number of hydrogen-bond acceptors (Lipinski definition) is 8. The van der Waals surface area contributed by atoms with Crippen molar-refractivity contribution in [3.05, 3.63) is 84.5 Å². The number of carbonyl (C=O) groups excluding carboxylic acids is 1. The zero-order valence-corrected chi connectivity index (χ0v) is 21.7. The Labute approximate surface area is 212 Å². The Morgan fingerprint density at radius 1 is 1.06 bits per heavy atom. The van der Waals surface area contributed by atoms with E-state index in [9.17, 15) is 9.59 Å². The number of aromatic nitrogens is 1. The molecule has 0 unspecified atom stereocenters. The molecule has 1 aromatic heterocycles. The molecule has 0 fully saturated rings. The number of thiazole rings is 1. The van der Waals surface area contributed by atoms with Crippen LogP contribution in [-0.2, 0) is 9.53 Å². The second-order valence-electron chi connectivity index (χ2n) is 7.92. The first-order valence-electron chi connectivity index (χ1n) is 11.6. The highest BCUT2D eigenvalue weighted by atomic mass is 32.1. The number of hydrogen-bond donors (Lipinski definition) is 0. The van der Waals surface area contributed by atoms with Gasteiger partial charge in [0.15, 0.2) is 16.3 Å². The van der Waals surface area contributed by atoms with E-state index in [-0.39, 0.29) is 12.2 Å². The Morgan fingerprint density at radius 2 is 1.81 bits per heavy atom. The van der Waals surface area contributed by atoms with Gasteiger partial charge in [0.2, 0.25) is 0 Å². The lowest BCUT2D eigenvalue weighted by atomic mass is 9.95. The summed E-state index contributed by atoms with van der Waals surface area (Å²) in [6.07, 6.45) is 1.81. The fourth-order valence-corrected chi connectivity index (χ4v) is 5.14. The van der Waals surface area contributed by atoms with Crippen LogP contribution in [-0.4, -0.2) is 38.0 Å². The molecule has 0 spiro atoms. The second kappa shape index (κ2) is 10.8. The molecule has 9 heteroatoms. The van der Waals surface area contributed by atoms with Crippen LogP contribution >= 0.6 is 11.3 Å². The van der Waals surface area contributed by atoms with E-state index < -0.39 is 12.0 Å². The van der Waals surface area contributed by atoms with Crippen molar-refractivity contribution in [1.29, 1.82) is 0 Å². The van der Waals surface area contributed by atoms with Crippen molar-refractivity contribution in [1.82, 2.24) is 4.57 Å². The molecule has 0 radical (unpaired) electrons. The normalized spacial score (nSPS) is 15.2. The maximum Gasteiger partial charge on any atom is 0.338 e. The van der Waals surface area contributed by atoms with Gasteiger partial charge in [-0.15, -0.1) is 0 Å². The van der Waals surface area contributed by atoms with Crippen LogP contribution < -0.4 is 29.1 Å². The van der Waals surface area contributed by atoms with Gasteiger partial charge in [0.25, 0.3) is 5.56 Å². The molecule has 0 saturated carbocycles. The number of benzene rings is 2. The number of rotatable bonds is 8. The summed E-state index contributed by atoms with van der Waals surface area (Å²) in [6, 6.07) is 12.1. The molecule has 1 aliphatic heterocycles. The van der Waals surface area contributed by atoms with Crippen LogP contribution in [0.25, 0.3) is 6.08 Å². The van der Waals surface area contributed by atoms with Crippen molar-refractivity contribution in [2.24, 2.45) is 4.99 Å². The predicted molar refractivity (Wildman–Crippen MR) is 138 cm³/mol. The minimum absolute atomic E-state index is 0.205. The smallest absolute Gasteiger partial charge is 0.338 e. The number of methoxy groups -OCH3 is 2. The van der Waals surface area contributed by atoms with E-state index >= 15 is 0 Å². The Balaban J connectivity index is 1.93. The highest BCUT2D eigenvalue weighted by Gasteiger charge is 2.33. The van der Waals surface area contributed by atoms with E-state index in [0.29, 0.717) is 44.3 Å². The first kappa shape index (κ1) is 25.2. The van der Waals surface area contributed by atoms with Crippen LogP contribution in [0.5, 0.6) is 17.2 Å². The second-order valence-corrected chi connectivity index (χ2v) is 8.93. The van der Waals surface area contributed by atoms with Crippen molar-refractivity contribution in [2.75, 3.05) is 27.4 Å². The predicted octanol–water partition coefficient (Wildman–Crippen LogP) is 3.21. The maximum atomic E-state index is 13.7. The third kappa shape index (κ3) is 4.79. The fourth-order valence-electron chi connectivity index (χ4n) is 4.09. The maximum absolute atomic E-state index is 13.7. The number of allylic oxidation sites excluding steroid dienone is 1. The van der Waals surface area contributed by atoms with Gasteiger partial charge >= 0.3 is 5.97 Å². The van der Waals surface area contributed by atoms with Crippen molar-refractivity contribution in [3.63, 3.8) is 0 Å². The van der Waals surface area contributed by atoms with Crippen LogP contribution in [0.1, 0.15) is 37.9 Å². The summed E-state index contributed by atoms with van der Waals surface area (Å²) in [4.78, 5) is 31.9. The van der Waals surface area contributed by atoms with Gasteiger partial charge in [-0.2, -0.15) is 0 Å². The number of ether oxygens (including phenoxy) is 4. The molecule has 36 heavy (non-hydrogen) atoms. The molecule has 4 rings (SSSR count). The molecule has 0 saturated heterocycles. The van der Waals surface area contributed by atoms with E-state index in [1.54, 1.807) is 44.8 Å². The van der Waals surface area contributed by atoms with E-state index in [2.05, 4.69) is 4.99 Å².